The van der Waals surface area contributed by atoms with Crippen LogP contribution in [0, 0.1) is 13.8 Å². The number of nitrogens with zero attached hydrogens (tertiary/aromatic N) is 2. The highest BCUT2D eigenvalue weighted by Crippen LogP contribution is 2.20. The summed E-state index contributed by atoms with van der Waals surface area (Å²) < 4.78 is 5.37. The number of hydrogen-bond acceptors (Lipinski definition) is 4. The van der Waals surface area contributed by atoms with Crippen molar-refractivity contribution in [1.29, 1.82) is 0 Å². The topological polar surface area (TPSA) is 68.0 Å². The van der Waals surface area contributed by atoms with Crippen molar-refractivity contribution in [1.82, 2.24) is 15.3 Å². The first-order valence-electron chi connectivity index (χ1n) is 7.34. The van der Waals surface area contributed by atoms with Gasteiger partial charge in [-0.15, -0.1) is 0 Å². The fourth-order valence-corrected chi connectivity index (χ4v) is 2.49. The normalized spacial score (nSPS) is 10.5. The zero-order valence-electron chi connectivity index (χ0n) is 13.0. The van der Waals surface area contributed by atoms with Gasteiger partial charge in [0.05, 0.1) is 18.5 Å². The summed E-state index contributed by atoms with van der Waals surface area (Å²) in [4.78, 5) is 20.9. The third kappa shape index (κ3) is 3.45. The van der Waals surface area contributed by atoms with Gasteiger partial charge in [0.1, 0.15) is 5.69 Å². The van der Waals surface area contributed by atoms with Crippen LogP contribution in [0.3, 0.4) is 0 Å². The third-order valence-electron chi connectivity index (χ3n) is 3.43. The van der Waals surface area contributed by atoms with E-state index in [0.717, 1.165) is 11.1 Å². The summed E-state index contributed by atoms with van der Waals surface area (Å²) in [6.07, 6.45) is 4.79. The Hall–Kier alpha value is -2.95. The lowest BCUT2D eigenvalue weighted by molar-refractivity contribution is 0.0950. The molecule has 5 heteroatoms. The molecular formula is C18H17N3O2. The van der Waals surface area contributed by atoms with Crippen molar-refractivity contribution < 1.29 is 9.21 Å². The molecular weight excluding hydrogens is 290 g/mol. The summed E-state index contributed by atoms with van der Waals surface area (Å²) in [5.41, 5.74) is 4.07. The summed E-state index contributed by atoms with van der Waals surface area (Å²) in [5.74, 6) is 0.501. The number of furan rings is 1. The number of nitrogens with one attached hydrogen (secondary N) is 1. The van der Waals surface area contributed by atoms with Crippen LogP contribution in [0.2, 0.25) is 0 Å². The Labute approximate surface area is 134 Å². The van der Waals surface area contributed by atoms with Crippen LogP contribution < -0.4 is 5.32 Å². The molecule has 23 heavy (non-hydrogen) atoms. The maximum Gasteiger partial charge on any atom is 0.251 e. The summed E-state index contributed by atoms with van der Waals surface area (Å²) in [6, 6.07) is 9.38. The van der Waals surface area contributed by atoms with Crippen molar-refractivity contribution >= 4 is 5.91 Å². The molecule has 3 aromatic rings. The van der Waals surface area contributed by atoms with E-state index in [9.17, 15) is 4.79 Å². The standard InChI is InChI=1S/C18H17N3O2/c1-12-8-13(2)10-14(9-12)18(22)21-11-15-17(20-6-5-19-15)16-4-3-7-23-16/h3-10H,11H2,1-2H3,(H,21,22). The number of rotatable bonds is 4. The second-order valence-electron chi connectivity index (χ2n) is 5.39. The summed E-state index contributed by atoms with van der Waals surface area (Å²) in [5, 5.41) is 2.89. The van der Waals surface area contributed by atoms with Crippen LogP contribution in [0.1, 0.15) is 27.2 Å². The Bertz CT molecular complexity index is 806. The van der Waals surface area contributed by atoms with Gasteiger partial charge in [0, 0.05) is 18.0 Å². The lowest BCUT2D eigenvalue weighted by Crippen LogP contribution is -2.24. The Morgan fingerprint density at radius 3 is 2.57 bits per heavy atom. The molecule has 0 atom stereocenters. The SMILES string of the molecule is Cc1cc(C)cc(C(=O)NCc2nccnc2-c2ccco2)c1. The zero-order valence-corrected chi connectivity index (χ0v) is 13.0. The van der Waals surface area contributed by atoms with Crippen molar-refractivity contribution in [3.05, 3.63) is 71.4 Å². The molecule has 0 saturated carbocycles. The van der Waals surface area contributed by atoms with Gasteiger partial charge in [0.25, 0.3) is 5.91 Å². The highest BCUT2D eigenvalue weighted by atomic mass is 16.3. The Morgan fingerprint density at radius 2 is 1.87 bits per heavy atom. The van der Waals surface area contributed by atoms with Gasteiger partial charge in [-0.3, -0.25) is 9.78 Å². The number of carbonyl (C=O) groups excluding carboxylic acids is 1. The largest absolute Gasteiger partial charge is 0.463 e. The van der Waals surface area contributed by atoms with Crippen LogP contribution in [0.4, 0.5) is 0 Å². The summed E-state index contributed by atoms with van der Waals surface area (Å²) in [7, 11) is 0. The van der Waals surface area contributed by atoms with E-state index in [1.165, 1.54) is 0 Å². The Kier molecular flexibility index (Phi) is 4.19. The predicted octanol–water partition coefficient (Wildman–Crippen LogP) is 3.28. The molecule has 0 fully saturated rings. The highest BCUT2D eigenvalue weighted by molar-refractivity contribution is 5.94. The van der Waals surface area contributed by atoms with E-state index in [1.807, 2.05) is 38.1 Å². The minimum absolute atomic E-state index is 0.132. The molecule has 0 bridgehead atoms. The maximum absolute atomic E-state index is 12.3. The minimum Gasteiger partial charge on any atom is -0.463 e. The van der Waals surface area contributed by atoms with Crippen LogP contribution >= 0.6 is 0 Å². The fraction of sp³-hybridized carbons (Fsp3) is 0.167. The predicted molar refractivity (Wildman–Crippen MR) is 86.8 cm³/mol. The van der Waals surface area contributed by atoms with Gasteiger partial charge >= 0.3 is 0 Å². The smallest absolute Gasteiger partial charge is 0.251 e. The average molecular weight is 307 g/mol. The maximum atomic E-state index is 12.3. The number of aryl methyl sites for hydroxylation is 2. The van der Waals surface area contributed by atoms with Crippen LogP contribution in [-0.2, 0) is 6.54 Å². The molecule has 116 valence electrons. The number of hydrogen-bond donors (Lipinski definition) is 1. The van der Waals surface area contributed by atoms with Gasteiger partial charge in [-0.25, -0.2) is 4.98 Å². The van der Waals surface area contributed by atoms with Gasteiger partial charge in [-0.2, -0.15) is 0 Å². The molecule has 2 heterocycles. The van der Waals surface area contributed by atoms with E-state index >= 15 is 0 Å². The number of carbonyl (C=O) groups is 1. The van der Waals surface area contributed by atoms with E-state index in [-0.39, 0.29) is 12.5 Å². The fourth-order valence-electron chi connectivity index (χ4n) is 2.49. The first-order valence-corrected chi connectivity index (χ1v) is 7.34. The van der Waals surface area contributed by atoms with Crippen molar-refractivity contribution in [2.75, 3.05) is 0 Å². The minimum atomic E-state index is -0.132. The van der Waals surface area contributed by atoms with E-state index in [1.54, 1.807) is 24.7 Å². The highest BCUT2D eigenvalue weighted by Gasteiger charge is 2.12. The third-order valence-corrected chi connectivity index (χ3v) is 3.43. The zero-order chi connectivity index (χ0) is 16.2. The summed E-state index contributed by atoms with van der Waals surface area (Å²) in [6.45, 7) is 4.23. The molecule has 0 aliphatic heterocycles. The van der Waals surface area contributed by atoms with Gasteiger partial charge in [0.15, 0.2) is 5.76 Å². The monoisotopic (exact) mass is 307 g/mol. The molecule has 2 aromatic heterocycles. The molecule has 0 unspecified atom stereocenters. The van der Waals surface area contributed by atoms with Gasteiger partial charge in [-0.05, 0) is 38.1 Å². The number of aromatic nitrogens is 2. The first-order chi connectivity index (χ1) is 11.1. The van der Waals surface area contributed by atoms with Crippen LogP contribution in [0.5, 0.6) is 0 Å². The molecule has 1 amide bonds. The van der Waals surface area contributed by atoms with Gasteiger partial charge < -0.3 is 9.73 Å². The quantitative estimate of drug-likeness (QED) is 0.803. The van der Waals surface area contributed by atoms with Gasteiger partial charge in [-0.1, -0.05) is 17.2 Å². The van der Waals surface area contributed by atoms with Crippen molar-refractivity contribution in [3.8, 4) is 11.5 Å². The molecule has 0 aliphatic rings. The van der Waals surface area contributed by atoms with Crippen molar-refractivity contribution in [2.24, 2.45) is 0 Å². The number of amides is 1. The van der Waals surface area contributed by atoms with Crippen molar-refractivity contribution in [2.45, 2.75) is 20.4 Å². The molecule has 1 N–H and O–H groups in total. The lowest BCUT2D eigenvalue weighted by Gasteiger charge is -2.08. The Balaban J connectivity index is 1.77. The van der Waals surface area contributed by atoms with E-state index in [4.69, 9.17) is 4.42 Å². The molecule has 3 rings (SSSR count). The van der Waals surface area contributed by atoms with Crippen LogP contribution in [-0.4, -0.2) is 15.9 Å². The molecule has 0 radical (unpaired) electrons. The first kappa shape index (κ1) is 15.0. The lowest BCUT2D eigenvalue weighted by atomic mass is 10.1. The van der Waals surface area contributed by atoms with Crippen LogP contribution in [0.15, 0.2) is 53.4 Å². The Morgan fingerprint density at radius 1 is 1.13 bits per heavy atom. The van der Waals surface area contributed by atoms with E-state index < -0.39 is 0 Å². The second kappa shape index (κ2) is 6.44. The molecule has 1 aromatic carbocycles. The number of benzene rings is 1. The molecule has 0 aliphatic carbocycles. The average Bonchev–Trinajstić information content (AvgIpc) is 3.06. The van der Waals surface area contributed by atoms with Gasteiger partial charge in [0.2, 0.25) is 0 Å². The second-order valence-corrected chi connectivity index (χ2v) is 5.39. The van der Waals surface area contributed by atoms with Crippen LogP contribution in [0.25, 0.3) is 11.5 Å². The summed E-state index contributed by atoms with van der Waals surface area (Å²) >= 11 is 0. The van der Waals surface area contributed by atoms with E-state index in [2.05, 4.69) is 15.3 Å². The molecule has 0 spiro atoms. The van der Waals surface area contributed by atoms with E-state index in [0.29, 0.717) is 22.7 Å². The molecule has 0 saturated heterocycles. The van der Waals surface area contributed by atoms with Crippen molar-refractivity contribution in [3.63, 3.8) is 0 Å². The molecule has 5 nitrogen and oxygen atoms in total.